The number of hydrogen-bond donors (Lipinski definition) is 0. The molecule has 0 spiro atoms. The maximum atomic E-state index is 5.60. The van der Waals surface area contributed by atoms with Crippen LogP contribution in [0, 0.1) is 0 Å². The van der Waals surface area contributed by atoms with Gasteiger partial charge in [-0.05, 0) is 75.5 Å². The van der Waals surface area contributed by atoms with Crippen LogP contribution in [0.5, 0.6) is 0 Å². The van der Waals surface area contributed by atoms with Crippen molar-refractivity contribution in [2.75, 3.05) is 0 Å². The van der Waals surface area contributed by atoms with Gasteiger partial charge in [-0.2, -0.15) is 0 Å². The molecule has 0 radical (unpaired) electrons. The van der Waals surface area contributed by atoms with Crippen LogP contribution < -0.4 is 0 Å². The number of fused-ring (bicyclic) bond motifs is 8. The second-order valence-corrected chi connectivity index (χ2v) is 15.7. The van der Waals surface area contributed by atoms with Crippen LogP contribution in [0.1, 0.15) is 0 Å². The summed E-state index contributed by atoms with van der Waals surface area (Å²) in [7, 11) is 0. The summed E-state index contributed by atoms with van der Waals surface area (Å²) in [4.78, 5) is 13.6. The third-order valence-electron chi connectivity index (χ3n) is 11.3. The van der Waals surface area contributed by atoms with E-state index >= 15 is 0 Å². The molecule has 0 saturated carbocycles. The second kappa shape index (κ2) is 12.7. The molecule has 11 aromatic rings. The Morgan fingerprint density at radius 3 is 1.96 bits per heavy atom. The Morgan fingerprint density at radius 2 is 1.09 bits per heavy atom. The quantitative estimate of drug-likeness (QED) is 0.176. The topological polar surface area (TPSA) is 35.6 Å². The van der Waals surface area contributed by atoms with Crippen LogP contribution in [0.25, 0.3) is 100 Å². The van der Waals surface area contributed by atoms with Gasteiger partial charge >= 0.3 is 0 Å². The van der Waals surface area contributed by atoms with Gasteiger partial charge in [-0.25, -0.2) is 9.97 Å². The number of nitrogens with zero attached hydrogens (tertiary/aromatic N) is 4. The molecular formula is C52H32N4S. The Bertz CT molecular complexity index is 3380. The van der Waals surface area contributed by atoms with Crippen LogP contribution in [-0.2, 0) is 0 Å². The number of hydrogen-bond acceptors (Lipinski definition) is 3. The van der Waals surface area contributed by atoms with E-state index in [-0.39, 0.29) is 0 Å². The van der Waals surface area contributed by atoms with Crippen molar-refractivity contribution in [2.45, 2.75) is 9.79 Å². The van der Waals surface area contributed by atoms with Crippen molar-refractivity contribution in [3.63, 3.8) is 0 Å². The van der Waals surface area contributed by atoms with Gasteiger partial charge in [0.25, 0.3) is 0 Å². The maximum absolute atomic E-state index is 5.60. The lowest BCUT2D eigenvalue weighted by Crippen LogP contribution is -2.09. The summed E-state index contributed by atoms with van der Waals surface area (Å²) < 4.78 is 4.75. The first-order valence-electron chi connectivity index (χ1n) is 19.2. The van der Waals surface area contributed by atoms with E-state index in [0.29, 0.717) is 5.95 Å². The van der Waals surface area contributed by atoms with Crippen LogP contribution in [0.2, 0.25) is 0 Å². The first-order chi connectivity index (χ1) is 28.3. The van der Waals surface area contributed by atoms with E-state index < -0.39 is 0 Å². The van der Waals surface area contributed by atoms with Crippen molar-refractivity contribution in [1.82, 2.24) is 19.1 Å². The largest absolute Gasteiger partial charge is 0.293 e. The Hall–Kier alpha value is -7.21. The first-order valence-corrected chi connectivity index (χ1v) is 20.1. The van der Waals surface area contributed by atoms with Crippen LogP contribution in [0.3, 0.4) is 0 Å². The predicted octanol–water partition coefficient (Wildman–Crippen LogP) is 13.8. The zero-order chi connectivity index (χ0) is 37.5. The van der Waals surface area contributed by atoms with Gasteiger partial charge in [0.1, 0.15) is 5.65 Å². The Balaban J connectivity index is 1.20. The van der Waals surface area contributed by atoms with Gasteiger partial charge in [-0.15, -0.1) is 0 Å². The molecule has 57 heavy (non-hydrogen) atoms. The number of benzene rings is 8. The lowest BCUT2D eigenvalue weighted by atomic mass is 9.92. The molecule has 0 bridgehead atoms. The van der Waals surface area contributed by atoms with Gasteiger partial charge in [0, 0.05) is 37.1 Å². The zero-order valence-electron chi connectivity index (χ0n) is 30.7. The molecule has 0 N–H and O–H groups in total. The maximum Gasteiger partial charge on any atom is 0.236 e. The standard InChI is InChI=1S/C52H32N4S/c1-3-14-33(15-4-1)37-28-29-39(42(31-37)35-17-5-2-6-18-35)44-32-43(38-27-26-34-16-7-8-19-36(34)30-38)53-52(54-44)56-45-22-10-9-20-40(45)49-41-21-13-25-48-50(41)55(51(49)56)46-23-11-12-24-47(46)57-48/h1-32H. The zero-order valence-corrected chi connectivity index (χ0v) is 31.5. The van der Waals surface area contributed by atoms with E-state index in [1.165, 1.54) is 53.5 Å². The van der Waals surface area contributed by atoms with E-state index in [2.05, 4.69) is 203 Å². The molecule has 1 aliphatic rings. The van der Waals surface area contributed by atoms with Crippen molar-refractivity contribution in [1.29, 1.82) is 0 Å². The van der Waals surface area contributed by atoms with E-state index in [1.807, 2.05) is 11.8 Å². The molecule has 0 saturated heterocycles. The third kappa shape index (κ3) is 5.03. The van der Waals surface area contributed by atoms with E-state index in [1.54, 1.807) is 0 Å². The summed E-state index contributed by atoms with van der Waals surface area (Å²) in [6, 6.07) is 69.5. The van der Waals surface area contributed by atoms with Gasteiger partial charge in [-0.1, -0.05) is 163 Å². The van der Waals surface area contributed by atoms with Crippen molar-refractivity contribution >= 4 is 55.4 Å². The fraction of sp³-hybridized carbons (Fsp3) is 0. The minimum Gasteiger partial charge on any atom is -0.293 e. The highest BCUT2D eigenvalue weighted by molar-refractivity contribution is 7.99. The van der Waals surface area contributed by atoms with Crippen LogP contribution in [0.4, 0.5) is 0 Å². The molecule has 4 heterocycles. The average Bonchev–Trinajstić information content (AvgIpc) is 3.80. The molecule has 0 fully saturated rings. The predicted molar refractivity (Wildman–Crippen MR) is 237 cm³/mol. The highest BCUT2D eigenvalue weighted by Gasteiger charge is 2.29. The SMILES string of the molecule is c1ccc(-c2ccc(-c3cc(-c4ccc5ccccc5c4)nc(-n4c5ccccc5c5c6cccc7c6n(c54)-c4ccccc4S7)n3)c(-c3ccccc3)c2)cc1. The highest BCUT2D eigenvalue weighted by Crippen LogP contribution is 2.49. The molecule has 3 aromatic heterocycles. The van der Waals surface area contributed by atoms with Gasteiger partial charge in [0.15, 0.2) is 0 Å². The minimum absolute atomic E-state index is 0.629. The minimum atomic E-state index is 0.629. The molecule has 12 rings (SSSR count). The normalized spacial score (nSPS) is 12.1. The molecule has 0 atom stereocenters. The summed E-state index contributed by atoms with van der Waals surface area (Å²) >= 11 is 1.84. The molecule has 0 aliphatic carbocycles. The van der Waals surface area contributed by atoms with Crippen LogP contribution >= 0.6 is 11.8 Å². The highest BCUT2D eigenvalue weighted by atomic mass is 32.2. The number of aromatic nitrogens is 4. The summed E-state index contributed by atoms with van der Waals surface area (Å²) in [5.41, 5.74) is 12.9. The van der Waals surface area contributed by atoms with Crippen molar-refractivity contribution in [2.24, 2.45) is 0 Å². The van der Waals surface area contributed by atoms with Crippen molar-refractivity contribution < 1.29 is 0 Å². The Kier molecular flexibility index (Phi) is 7.13. The summed E-state index contributed by atoms with van der Waals surface area (Å²) in [5.74, 6) is 0.629. The molecule has 266 valence electrons. The molecular weight excluding hydrogens is 713 g/mol. The van der Waals surface area contributed by atoms with E-state index in [9.17, 15) is 0 Å². The fourth-order valence-electron chi connectivity index (χ4n) is 8.73. The summed E-state index contributed by atoms with van der Waals surface area (Å²) in [6.07, 6.45) is 0. The van der Waals surface area contributed by atoms with Gasteiger partial charge in [0.05, 0.1) is 28.1 Å². The lowest BCUT2D eigenvalue weighted by molar-refractivity contribution is 0.953. The fourth-order valence-corrected chi connectivity index (χ4v) is 9.83. The number of para-hydroxylation sites is 3. The number of rotatable bonds is 5. The molecule has 5 heteroatoms. The molecule has 8 aromatic carbocycles. The van der Waals surface area contributed by atoms with Crippen LogP contribution in [-0.4, -0.2) is 19.1 Å². The van der Waals surface area contributed by atoms with Gasteiger partial charge in [-0.3, -0.25) is 9.13 Å². The third-order valence-corrected chi connectivity index (χ3v) is 12.4. The Morgan fingerprint density at radius 1 is 0.404 bits per heavy atom. The summed E-state index contributed by atoms with van der Waals surface area (Å²) in [5, 5.41) is 5.98. The smallest absolute Gasteiger partial charge is 0.236 e. The molecule has 0 unspecified atom stereocenters. The molecule has 4 nitrogen and oxygen atoms in total. The van der Waals surface area contributed by atoms with Gasteiger partial charge < -0.3 is 0 Å². The van der Waals surface area contributed by atoms with E-state index in [4.69, 9.17) is 9.97 Å². The lowest BCUT2D eigenvalue weighted by Gasteiger charge is -2.21. The van der Waals surface area contributed by atoms with Crippen LogP contribution in [0.15, 0.2) is 204 Å². The van der Waals surface area contributed by atoms with E-state index in [0.717, 1.165) is 50.4 Å². The Labute approximate surface area is 333 Å². The van der Waals surface area contributed by atoms with Crippen molar-refractivity contribution in [3.05, 3.63) is 194 Å². The molecule has 1 aliphatic heterocycles. The monoisotopic (exact) mass is 744 g/mol. The first kappa shape index (κ1) is 32.1. The summed E-state index contributed by atoms with van der Waals surface area (Å²) in [6.45, 7) is 0. The van der Waals surface area contributed by atoms with Crippen molar-refractivity contribution in [3.8, 4) is 56.4 Å². The van der Waals surface area contributed by atoms with Gasteiger partial charge in [0.2, 0.25) is 5.95 Å². The average molecular weight is 745 g/mol. The second-order valence-electron chi connectivity index (χ2n) is 14.6. The molecule has 0 amide bonds.